The molecule has 1 N–H and O–H groups in total. The molecule has 2 aromatic rings. The lowest BCUT2D eigenvalue weighted by molar-refractivity contribution is 0.267. The van der Waals surface area contributed by atoms with Crippen LogP contribution >= 0.6 is 0 Å². The van der Waals surface area contributed by atoms with Crippen molar-refractivity contribution in [2.45, 2.75) is 39.5 Å². The van der Waals surface area contributed by atoms with E-state index < -0.39 is 0 Å². The second kappa shape index (κ2) is 6.09. The number of halogens is 1. The van der Waals surface area contributed by atoms with E-state index in [9.17, 15) is 4.39 Å². The Morgan fingerprint density at radius 2 is 1.85 bits per heavy atom. The SMILES string of the molecule is CC(C)(C)NCc1ccoc1COc1ccc(F)cc1. The van der Waals surface area contributed by atoms with Crippen molar-refractivity contribution in [2.24, 2.45) is 0 Å². The molecule has 4 heteroatoms. The maximum atomic E-state index is 12.8. The van der Waals surface area contributed by atoms with Gasteiger partial charge in [-0.05, 0) is 51.1 Å². The van der Waals surface area contributed by atoms with Gasteiger partial charge in [-0.2, -0.15) is 0 Å². The van der Waals surface area contributed by atoms with Crippen LogP contribution in [0.2, 0.25) is 0 Å². The average Bonchev–Trinajstić information content (AvgIpc) is 2.82. The molecule has 0 amide bonds. The molecule has 0 unspecified atom stereocenters. The number of furan rings is 1. The second-order valence-corrected chi connectivity index (χ2v) is 5.72. The molecule has 20 heavy (non-hydrogen) atoms. The first kappa shape index (κ1) is 14.6. The van der Waals surface area contributed by atoms with E-state index in [0.717, 1.165) is 17.9 Å². The quantitative estimate of drug-likeness (QED) is 0.900. The van der Waals surface area contributed by atoms with Crippen LogP contribution in [0.1, 0.15) is 32.1 Å². The topological polar surface area (TPSA) is 34.4 Å². The lowest BCUT2D eigenvalue weighted by Gasteiger charge is -2.20. The van der Waals surface area contributed by atoms with Gasteiger partial charge in [-0.15, -0.1) is 0 Å². The summed E-state index contributed by atoms with van der Waals surface area (Å²) in [5.74, 6) is 1.13. The number of hydrogen-bond donors (Lipinski definition) is 1. The summed E-state index contributed by atoms with van der Waals surface area (Å²) in [7, 11) is 0. The maximum absolute atomic E-state index is 12.8. The molecule has 0 aliphatic heterocycles. The zero-order chi connectivity index (χ0) is 14.6. The predicted octanol–water partition coefficient (Wildman–Crippen LogP) is 3.89. The van der Waals surface area contributed by atoms with Crippen molar-refractivity contribution in [3.05, 3.63) is 53.7 Å². The van der Waals surface area contributed by atoms with Gasteiger partial charge in [0.2, 0.25) is 0 Å². The molecule has 3 nitrogen and oxygen atoms in total. The van der Waals surface area contributed by atoms with E-state index in [1.807, 2.05) is 6.07 Å². The summed E-state index contributed by atoms with van der Waals surface area (Å²) in [6.07, 6.45) is 1.66. The van der Waals surface area contributed by atoms with Gasteiger partial charge in [-0.3, -0.25) is 0 Å². The van der Waals surface area contributed by atoms with E-state index in [-0.39, 0.29) is 11.4 Å². The van der Waals surface area contributed by atoms with Crippen LogP contribution in [-0.4, -0.2) is 5.54 Å². The van der Waals surface area contributed by atoms with Gasteiger partial charge in [0.15, 0.2) is 0 Å². The fraction of sp³-hybridized carbons (Fsp3) is 0.375. The molecule has 1 heterocycles. The fourth-order valence-corrected chi connectivity index (χ4v) is 1.69. The van der Waals surface area contributed by atoms with E-state index in [2.05, 4.69) is 26.1 Å². The largest absolute Gasteiger partial charge is 0.486 e. The van der Waals surface area contributed by atoms with Crippen LogP contribution in [0.15, 0.2) is 41.0 Å². The minimum absolute atomic E-state index is 0.0480. The highest BCUT2D eigenvalue weighted by molar-refractivity contribution is 5.23. The Bertz CT molecular complexity index is 540. The molecule has 1 aromatic heterocycles. The summed E-state index contributed by atoms with van der Waals surface area (Å²) in [5, 5.41) is 3.41. The zero-order valence-electron chi connectivity index (χ0n) is 12.1. The molecule has 0 fully saturated rings. The van der Waals surface area contributed by atoms with E-state index >= 15 is 0 Å². The van der Waals surface area contributed by atoms with Gasteiger partial charge >= 0.3 is 0 Å². The molecular weight excluding hydrogens is 257 g/mol. The minimum atomic E-state index is -0.273. The summed E-state index contributed by atoms with van der Waals surface area (Å²) in [4.78, 5) is 0. The normalized spacial score (nSPS) is 11.6. The highest BCUT2D eigenvalue weighted by atomic mass is 19.1. The summed E-state index contributed by atoms with van der Waals surface area (Å²) in [5.41, 5.74) is 1.12. The van der Waals surface area contributed by atoms with Crippen molar-refractivity contribution in [1.29, 1.82) is 0 Å². The molecule has 0 radical (unpaired) electrons. The van der Waals surface area contributed by atoms with Crippen molar-refractivity contribution in [3.63, 3.8) is 0 Å². The predicted molar refractivity (Wildman–Crippen MR) is 76.0 cm³/mol. The third-order valence-corrected chi connectivity index (χ3v) is 2.83. The van der Waals surface area contributed by atoms with Crippen molar-refractivity contribution in [2.75, 3.05) is 0 Å². The Labute approximate surface area is 118 Å². The van der Waals surface area contributed by atoms with Gasteiger partial charge in [-0.25, -0.2) is 4.39 Å². The van der Waals surface area contributed by atoms with Crippen LogP contribution in [0.4, 0.5) is 4.39 Å². The lowest BCUT2D eigenvalue weighted by atomic mass is 10.1. The number of nitrogens with one attached hydrogen (secondary N) is 1. The summed E-state index contributed by atoms with van der Waals surface area (Å²) < 4.78 is 23.8. The second-order valence-electron chi connectivity index (χ2n) is 5.72. The molecule has 0 saturated heterocycles. The molecular formula is C16H20FNO2. The smallest absolute Gasteiger partial charge is 0.146 e. The summed E-state index contributed by atoms with van der Waals surface area (Å²) >= 11 is 0. The highest BCUT2D eigenvalue weighted by Gasteiger charge is 2.12. The highest BCUT2D eigenvalue weighted by Crippen LogP contribution is 2.17. The van der Waals surface area contributed by atoms with Crippen LogP contribution in [0.25, 0.3) is 0 Å². The first-order valence-electron chi connectivity index (χ1n) is 6.63. The van der Waals surface area contributed by atoms with Gasteiger partial charge in [0.25, 0.3) is 0 Å². The van der Waals surface area contributed by atoms with Gasteiger partial charge in [-0.1, -0.05) is 0 Å². The number of rotatable bonds is 5. The summed E-state index contributed by atoms with van der Waals surface area (Å²) in [6, 6.07) is 7.89. The number of ether oxygens (including phenoxy) is 1. The Morgan fingerprint density at radius 1 is 1.15 bits per heavy atom. The van der Waals surface area contributed by atoms with Gasteiger partial charge in [0, 0.05) is 17.6 Å². The minimum Gasteiger partial charge on any atom is -0.486 e. The van der Waals surface area contributed by atoms with E-state index in [0.29, 0.717) is 12.4 Å². The number of benzene rings is 1. The Balaban J connectivity index is 1.93. The van der Waals surface area contributed by atoms with Gasteiger partial charge in [0.1, 0.15) is 23.9 Å². The monoisotopic (exact) mass is 277 g/mol. The van der Waals surface area contributed by atoms with Crippen LogP contribution < -0.4 is 10.1 Å². The first-order valence-corrected chi connectivity index (χ1v) is 6.63. The molecule has 0 spiro atoms. The molecule has 0 saturated carbocycles. The van der Waals surface area contributed by atoms with Crippen LogP contribution in [0.5, 0.6) is 5.75 Å². The maximum Gasteiger partial charge on any atom is 0.146 e. The molecule has 2 rings (SSSR count). The van der Waals surface area contributed by atoms with Gasteiger partial charge < -0.3 is 14.5 Å². The zero-order valence-corrected chi connectivity index (χ0v) is 12.1. The lowest BCUT2D eigenvalue weighted by Crippen LogP contribution is -2.35. The Kier molecular flexibility index (Phi) is 4.45. The molecule has 0 atom stereocenters. The van der Waals surface area contributed by atoms with E-state index in [1.165, 1.54) is 12.1 Å². The van der Waals surface area contributed by atoms with Crippen molar-refractivity contribution < 1.29 is 13.5 Å². The van der Waals surface area contributed by atoms with Crippen LogP contribution in [-0.2, 0) is 13.2 Å². The fourth-order valence-electron chi connectivity index (χ4n) is 1.69. The Hall–Kier alpha value is -1.81. The van der Waals surface area contributed by atoms with Crippen molar-refractivity contribution in [3.8, 4) is 5.75 Å². The number of hydrogen-bond acceptors (Lipinski definition) is 3. The Morgan fingerprint density at radius 3 is 2.50 bits per heavy atom. The molecule has 0 bridgehead atoms. The van der Waals surface area contributed by atoms with Crippen molar-refractivity contribution >= 4 is 0 Å². The van der Waals surface area contributed by atoms with Crippen LogP contribution in [0, 0.1) is 5.82 Å². The van der Waals surface area contributed by atoms with E-state index in [4.69, 9.17) is 9.15 Å². The third kappa shape index (κ3) is 4.38. The average molecular weight is 277 g/mol. The van der Waals surface area contributed by atoms with Gasteiger partial charge in [0.05, 0.1) is 6.26 Å². The van der Waals surface area contributed by atoms with Crippen molar-refractivity contribution in [1.82, 2.24) is 5.32 Å². The molecule has 1 aromatic carbocycles. The standard InChI is InChI=1S/C16H20FNO2/c1-16(2,3)18-10-12-8-9-19-15(12)11-20-14-6-4-13(17)5-7-14/h4-9,18H,10-11H2,1-3H3. The van der Waals surface area contributed by atoms with E-state index in [1.54, 1.807) is 18.4 Å². The third-order valence-electron chi connectivity index (χ3n) is 2.83. The molecule has 0 aliphatic rings. The molecule has 0 aliphatic carbocycles. The molecule has 108 valence electrons. The van der Waals surface area contributed by atoms with Crippen LogP contribution in [0.3, 0.4) is 0 Å². The first-order chi connectivity index (χ1) is 9.44. The summed E-state index contributed by atoms with van der Waals surface area (Å²) in [6.45, 7) is 7.40.